The summed E-state index contributed by atoms with van der Waals surface area (Å²) in [6.07, 6.45) is 0.375. The molecule has 0 spiro atoms. The summed E-state index contributed by atoms with van der Waals surface area (Å²) in [7, 11) is -3.08. The molecule has 0 bridgehead atoms. The van der Waals surface area contributed by atoms with Gasteiger partial charge in [0.25, 0.3) is 0 Å². The number of anilines is 1. The molecule has 0 aliphatic carbocycles. The topological polar surface area (TPSA) is 66.8 Å². The number of benzene rings is 1. The average Bonchev–Trinajstić information content (AvgIpc) is 2.92. The van der Waals surface area contributed by atoms with E-state index in [4.69, 9.17) is 11.6 Å². The normalized spacial score (nSPS) is 26.4. The molecule has 1 amide bonds. The number of hydrogen-bond donors (Lipinski definition) is 0. The maximum absolute atomic E-state index is 12.2. The minimum Gasteiger partial charge on any atom is -0.315 e. The van der Waals surface area contributed by atoms with Gasteiger partial charge in [0.05, 0.1) is 17.5 Å². The Kier molecular flexibility index (Phi) is 5.19. The summed E-state index contributed by atoms with van der Waals surface area (Å²) < 4.78 is 24.1. The fraction of sp³-hybridized carbons (Fsp3) is 0.529. The number of halogens is 1. The SMILES string of the molecule is Cc1ccc(Cl)cc1N1C(=NC(=O)CC(C)C)S[C@@H]2CS(=O)(=O)C[C@@H]21. The first-order chi connectivity index (χ1) is 11.7. The van der Waals surface area contributed by atoms with Crippen LogP contribution in [0.15, 0.2) is 23.2 Å². The van der Waals surface area contributed by atoms with E-state index >= 15 is 0 Å². The van der Waals surface area contributed by atoms with Gasteiger partial charge in [-0.15, -0.1) is 0 Å². The number of carbonyl (C=O) groups is 1. The molecule has 0 aromatic heterocycles. The van der Waals surface area contributed by atoms with Crippen molar-refractivity contribution in [3.63, 3.8) is 0 Å². The summed E-state index contributed by atoms with van der Waals surface area (Å²) in [6, 6.07) is 5.30. The quantitative estimate of drug-likeness (QED) is 0.778. The first-order valence-electron chi connectivity index (χ1n) is 8.20. The molecule has 3 rings (SSSR count). The van der Waals surface area contributed by atoms with Gasteiger partial charge in [0.15, 0.2) is 15.0 Å². The van der Waals surface area contributed by atoms with E-state index in [0.717, 1.165) is 11.3 Å². The Labute approximate surface area is 157 Å². The minimum absolute atomic E-state index is 0.0774. The Bertz CT molecular complexity index is 836. The fourth-order valence-electron chi connectivity index (χ4n) is 3.19. The van der Waals surface area contributed by atoms with E-state index in [-0.39, 0.29) is 34.6 Å². The van der Waals surface area contributed by atoms with Crippen molar-refractivity contribution < 1.29 is 13.2 Å². The van der Waals surface area contributed by atoms with E-state index < -0.39 is 9.84 Å². The van der Waals surface area contributed by atoms with Gasteiger partial charge in [-0.25, -0.2) is 8.42 Å². The molecule has 136 valence electrons. The lowest BCUT2D eigenvalue weighted by Gasteiger charge is -2.26. The molecular formula is C17H21ClN2O3S2. The number of thioether (sulfide) groups is 1. The van der Waals surface area contributed by atoms with Crippen LogP contribution in [0.2, 0.25) is 5.02 Å². The second kappa shape index (κ2) is 6.93. The molecular weight excluding hydrogens is 380 g/mol. The van der Waals surface area contributed by atoms with Crippen molar-refractivity contribution >= 4 is 50.0 Å². The van der Waals surface area contributed by atoms with Crippen LogP contribution in [0, 0.1) is 12.8 Å². The molecule has 1 aromatic carbocycles. The van der Waals surface area contributed by atoms with Crippen molar-refractivity contribution in [2.24, 2.45) is 10.9 Å². The summed E-state index contributed by atoms with van der Waals surface area (Å²) in [6.45, 7) is 5.89. The highest BCUT2D eigenvalue weighted by atomic mass is 35.5. The molecule has 0 unspecified atom stereocenters. The zero-order valence-electron chi connectivity index (χ0n) is 14.4. The van der Waals surface area contributed by atoms with E-state index in [0.29, 0.717) is 16.6 Å². The van der Waals surface area contributed by atoms with Gasteiger partial charge in [0.1, 0.15) is 0 Å². The molecule has 2 saturated heterocycles. The number of amidine groups is 1. The Balaban J connectivity index is 2.02. The standard InChI is InChI=1S/C17H21ClN2O3S2/c1-10(2)6-16(21)19-17-20(13-7-12(18)5-4-11(13)3)14-8-25(22,23)9-15(14)24-17/h4-5,7,10,14-15H,6,8-9H2,1-3H3/t14-,15+/m0/s1. The molecule has 2 fully saturated rings. The Morgan fingerprint density at radius 3 is 2.80 bits per heavy atom. The summed E-state index contributed by atoms with van der Waals surface area (Å²) >= 11 is 7.55. The monoisotopic (exact) mass is 400 g/mol. The third-order valence-corrected chi connectivity index (χ3v) is 7.75. The second-order valence-corrected chi connectivity index (χ2v) is 10.8. The molecule has 2 aliphatic rings. The smallest absolute Gasteiger partial charge is 0.248 e. The van der Waals surface area contributed by atoms with Crippen LogP contribution in [-0.2, 0) is 14.6 Å². The molecule has 0 N–H and O–H groups in total. The Morgan fingerprint density at radius 2 is 2.12 bits per heavy atom. The molecule has 5 nitrogen and oxygen atoms in total. The van der Waals surface area contributed by atoms with Crippen molar-refractivity contribution in [2.45, 2.75) is 38.5 Å². The van der Waals surface area contributed by atoms with Gasteiger partial charge in [-0.1, -0.05) is 43.3 Å². The predicted octanol–water partition coefficient (Wildman–Crippen LogP) is 3.30. The van der Waals surface area contributed by atoms with Crippen molar-refractivity contribution in [2.75, 3.05) is 16.4 Å². The first kappa shape index (κ1) is 18.7. The molecule has 0 saturated carbocycles. The lowest BCUT2D eigenvalue weighted by Crippen LogP contribution is -2.38. The number of fused-ring (bicyclic) bond motifs is 1. The summed E-state index contributed by atoms with van der Waals surface area (Å²) in [5, 5.41) is 1.05. The van der Waals surface area contributed by atoms with Gasteiger partial charge in [-0.05, 0) is 30.5 Å². The first-order valence-corrected chi connectivity index (χ1v) is 11.3. The highest BCUT2D eigenvalue weighted by Gasteiger charge is 2.49. The van der Waals surface area contributed by atoms with E-state index in [1.807, 2.05) is 37.8 Å². The van der Waals surface area contributed by atoms with Crippen LogP contribution in [0.5, 0.6) is 0 Å². The van der Waals surface area contributed by atoms with Gasteiger partial charge in [0.2, 0.25) is 5.91 Å². The Hall–Kier alpha value is -1.05. The summed E-state index contributed by atoms with van der Waals surface area (Å²) in [4.78, 5) is 18.4. The number of nitrogens with zero attached hydrogens (tertiary/aromatic N) is 2. The number of amides is 1. The number of aryl methyl sites for hydroxylation is 1. The van der Waals surface area contributed by atoms with E-state index in [1.54, 1.807) is 6.07 Å². The van der Waals surface area contributed by atoms with E-state index in [2.05, 4.69) is 4.99 Å². The number of sulfone groups is 1. The van der Waals surface area contributed by atoms with Crippen molar-refractivity contribution in [3.8, 4) is 0 Å². The molecule has 0 radical (unpaired) electrons. The average molecular weight is 401 g/mol. The molecule has 25 heavy (non-hydrogen) atoms. The van der Waals surface area contributed by atoms with Crippen LogP contribution in [0.4, 0.5) is 5.69 Å². The second-order valence-electron chi connectivity index (χ2n) is 6.99. The van der Waals surface area contributed by atoms with E-state index in [1.165, 1.54) is 11.8 Å². The predicted molar refractivity (Wildman–Crippen MR) is 104 cm³/mol. The number of rotatable bonds is 3. The maximum atomic E-state index is 12.2. The van der Waals surface area contributed by atoms with Crippen molar-refractivity contribution in [3.05, 3.63) is 28.8 Å². The van der Waals surface area contributed by atoms with Crippen molar-refractivity contribution in [1.82, 2.24) is 0 Å². The third-order valence-electron chi connectivity index (χ3n) is 4.30. The maximum Gasteiger partial charge on any atom is 0.248 e. The van der Waals surface area contributed by atoms with Crippen LogP contribution in [-0.4, -0.2) is 42.3 Å². The fourth-order valence-corrected chi connectivity index (χ4v) is 7.28. The lowest BCUT2D eigenvalue weighted by molar-refractivity contribution is -0.118. The summed E-state index contributed by atoms with van der Waals surface area (Å²) in [5.74, 6) is 0.249. The van der Waals surface area contributed by atoms with Gasteiger partial charge in [-0.3, -0.25) is 4.79 Å². The van der Waals surface area contributed by atoms with Gasteiger partial charge < -0.3 is 4.90 Å². The molecule has 2 atom stereocenters. The third kappa shape index (κ3) is 4.04. The zero-order valence-corrected chi connectivity index (χ0v) is 16.8. The van der Waals surface area contributed by atoms with Crippen LogP contribution >= 0.6 is 23.4 Å². The minimum atomic E-state index is -3.08. The number of carbonyl (C=O) groups excluding carboxylic acids is 1. The number of hydrogen-bond acceptors (Lipinski definition) is 4. The van der Waals surface area contributed by atoms with Gasteiger partial charge in [-0.2, -0.15) is 4.99 Å². The Morgan fingerprint density at radius 1 is 1.40 bits per heavy atom. The van der Waals surface area contributed by atoms with Gasteiger partial charge >= 0.3 is 0 Å². The zero-order chi connectivity index (χ0) is 18.4. The van der Waals surface area contributed by atoms with Crippen LogP contribution in [0.3, 0.4) is 0 Å². The molecule has 8 heteroatoms. The summed E-state index contributed by atoms with van der Waals surface area (Å²) in [5.41, 5.74) is 1.79. The van der Waals surface area contributed by atoms with E-state index in [9.17, 15) is 13.2 Å². The van der Waals surface area contributed by atoms with Gasteiger partial charge in [0, 0.05) is 22.4 Å². The largest absolute Gasteiger partial charge is 0.315 e. The molecule has 1 aromatic rings. The highest BCUT2D eigenvalue weighted by Crippen LogP contribution is 2.42. The lowest BCUT2D eigenvalue weighted by atomic mass is 10.1. The highest BCUT2D eigenvalue weighted by molar-refractivity contribution is 8.16. The van der Waals surface area contributed by atoms with Crippen molar-refractivity contribution in [1.29, 1.82) is 0 Å². The van der Waals surface area contributed by atoms with Crippen LogP contribution < -0.4 is 4.90 Å². The van der Waals surface area contributed by atoms with Crippen LogP contribution in [0.1, 0.15) is 25.8 Å². The van der Waals surface area contributed by atoms with Crippen LogP contribution in [0.25, 0.3) is 0 Å². The molecule has 2 heterocycles. The number of aliphatic imine (C=N–C) groups is 1. The molecule has 2 aliphatic heterocycles.